The fourth-order valence-corrected chi connectivity index (χ4v) is 2.72. The summed E-state index contributed by atoms with van der Waals surface area (Å²) in [4.78, 5) is 39.9. The summed E-state index contributed by atoms with van der Waals surface area (Å²) in [5, 5.41) is 28.9. The molecule has 1 amide bonds. The smallest absolute Gasteiger partial charge is 0.417 e. The third kappa shape index (κ3) is 6.18. The van der Waals surface area contributed by atoms with Gasteiger partial charge >= 0.3 is 18.1 Å². The van der Waals surface area contributed by atoms with Gasteiger partial charge in [-0.2, -0.15) is 9.97 Å². The molecule has 13 nitrogen and oxygen atoms in total. The summed E-state index contributed by atoms with van der Waals surface area (Å²) in [5.74, 6) is -1.57. The van der Waals surface area contributed by atoms with Crippen molar-refractivity contribution in [3.05, 3.63) is 6.20 Å². The Morgan fingerprint density at radius 1 is 1.37 bits per heavy atom. The summed E-state index contributed by atoms with van der Waals surface area (Å²) in [6.45, 7) is 2.41. The summed E-state index contributed by atoms with van der Waals surface area (Å²) in [6.07, 6.45) is 3.22. The number of carboxylic acids is 1. The number of ether oxygens (including phenoxy) is 1. The lowest BCUT2D eigenvalue weighted by Gasteiger charge is -2.26. The van der Waals surface area contributed by atoms with Crippen LogP contribution in [0.2, 0.25) is 0 Å². The van der Waals surface area contributed by atoms with Crippen LogP contribution in [-0.4, -0.2) is 67.4 Å². The molecule has 0 unspecified atom stereocenters. The Kier molecular flexibility index (Phi) is 8.14. The Morgan fingerprint density at radius 3 is 2.80 bits per heavy atom. The number of imidazole rings is 1. The van der Waals surface area contributed by atoms with Gasteiger partial charge in [0, 0.05) is 6.54 Å². The number of fused-ring (bicyclic) bond motifs is 1. The van der Waals surface area contributed by atoms with E-state index >= 15 is 0 Å². The molecular weight excluding hydrogens is 396 g/mol. The van der Waals surface area contributed by atoms with Crippen molar-refractivity contribution < 1.29 is 24.5 Å². The van der Waals surface area contributed by atoms with Gasteiger partial charge in [0.25, 0.3) is 0 Å². The molecule has 2 rings (SSSR count). The van der Waals surface area contributed by atoms with Gasteiger partial charge in [0.15, 0.2) is 11.6 Å². The van der Waals surface area contributed by atoms with E-state index in [1.54, 1.807) is 0 Å². The first-order valence-corrected chi connectivity index (χ1v) is 9.51. The number of aliphatic carboxylic acids is 1. The highest BCUT2D eigenvalue weighted by Gasteiger charge is 2.34. The van der Waals surface area contributed by atoms with Crippen LogP contribution in [0.3, 0.4) is 0 Å². The van der Waals surface area contributed by atoms with Gasteiger partial charge in [-0.3, -0.25) is 5.41 Å². The molecule has 0 saturated carbocycles. The predicted octanol–water partition coefficient (Wildman–Crippen LogP) is 0.908. The van der Waals surface area contributed by atoms with Crippen molar-refractivity contribution in [1.82, 2.24) is 25.3 Å². The zero-order valence-corrected chi connectivity index (χ0v) is 16.6. The van der Waals surface area contributed by atoms with Crippen LogP contribution in [0.5, 0.6) is 6.01 Å². The molecule has 0 aliphatic rings. The van der Waals surface area contributed by atoms with Gasteiger partial charge in [-0.25, -0.2) is 19.5 Å². The van der Waals surface area contributed by atoms with Crippen molar-refractivity contribution >= 4 is 35.1 Å². The number of amides is 1. The number of nitrogens with two attached hydrogens (primary N) is 1. The maximum atomic E-state index is 12.8. The van der Waals surface area contributed by atoms with Crippen molar-refractivity contribution in [3.8, 4) is 6.01 Å². The minimum absolute atomic E-state index is 0.0493. The number of hydrogen-bond acceptors (Lipinski definition) is 8. The fourth-order valence-electron chi connectivity index (χ4n) is 2.72. The molecule has 0 aliphatic carbocycles. The number of aromatic nitrogens is 4. The highest BCUT2D eigenvalue weighted by Crippen LogP contribution is 2.22. The largest absolute Gasteiger partial charge is 0.480 e. The number of nitrogens with zero attached hydrogens (tertiary/aromatic N) is 4. The maximum Gasteiger partial charge on any atom is 0.417 e. The Morgan fingerprint density at radius 2 is 2.13 bits per heavy atom. The Balaban J connectivity index is 2.28. The van der Waals surface area contributed by atoms with Crippen LogP contribution in [0.4, 0.5) is 10.7 Å². The second-order valence-electron chi connectivity index (χ2n) is 6.50. The van der Waals surface area contributed by atoms with Gasteiger partial charge in [0.2, 0.25) is 5.95 Å². The highest BCUT2D eigenvalue weighted by atomic mass is 16.6. The molecule has 0 radical (unpaired) electrons. The van der Waals surface area contributed by atoms with Gasteiger partial charge in [-0.1, -0.05) is 19.8 Å². The van der Waals surface area contributed by atoms with E-state index in [1.165, 1.54) is 6.20 Å². The van der Waals surface area contributed by atoms with Gasteiger partial charge in [-0.15, -0.1) is 0 Å². The zero-order chi connectivity index (χ0) is 22.1. The molecule has 0 bridgehead atoms. The lowest BCUT2D eigenvalue weighted by molar-refractivity contribution is -0.138. The number of carbonyl (C=O) groups excluding carboxylic acids is 1. The van der Waals surface area contributed by atoms with Crippen LogP contribution in [0.15, 0.2) is 6.20 Å². The first-order chi connectivity index (χ1) is 14.3. The number of carboxylic acid groups (broad SMARTS) is 1. The molecule has 0 fully saturated rings. The second-order valence-corrected chi connectivity index (χ2v) is 6.50. The topological polar surface area (TPSA) is 203 Å². The Hall–Kier alpha value is -3.64. The average molecular weight is 422 g/mol. The molecule has 30 heavy (non-hydrogen) atoms. The van der Waals surface area contributed by atoms with E-state index in [4.69, 9.17) is 15.9 Å². The molecule has 0 aliphatic heterocycles. The van der Waals surface area contributed by atoms with Crippen molar-refractivity contribution in [2.75, 3.05) is 18.1 Å². The van der Waals surface area contributed by atoms with Crippen LogP contribution in [0.25, 0.3) is 11.2 Å². The van der Waals surface area contributed by atoms with Gasteiger partial charge in [-0.05, 0) is 19.3 Å². The number of nitrogens with one attached hydrogen (secondary N) is 3. The summed E-state index contributed by atoms with van der Waals surface area (Å²) < 4.78 is 5.26. The van der Waals surface area contributed by atoms with E-state index in [0.717, 1.165) is 17.7 Å². The number of guanidine groups is 1. The van der Waals surface area contributed by atoms with Crippen molar-refractivity contribution in [3.63, 3.8) is 0 Å². The Bertz CT molecular complexity index is 886. The number of carbonyl (C=O) groups is 2. The SMILES string of the molecule is CCCCCOC(=O)N(c1nc2nc(O)ncc2[nH]1)[C@H](CCCNC(=N)N)C(=O)O. The molecule has 1 atom stereocenters. The van der Waals surface area contributed by atoms with Gasteiger partial charge < -0.3 is 31.0 Å². The summed E-state index contributed by atoms with van der Waals surface area (Å²) in [7, 11) is 0. The number of anilines is 1. The second kappa shape index (κ2) is 10.8. The van der Waals surface area contributed by atoms with Crippen molar-refractivity contribution in [2.45, 2.75) is 45.1 Å². The third-order valence-electron chi connectivity index (χ3n) is 4.18. The first kappa shape index (κ1) is 22.6. The maximum absolute atomic E-state index is 12.8. The quantitative estimate of drug-likeness (QED) is 0.171. The van der Waals surface area contributed by atoms with Crippen LogP contribution >= 0.6 is 0 Å². The molecular formula is C17H26N8O5. The molecule has 13 heteroatoms. The summed E-state index contributed by atoms with van der Waals surface area (Å²) in [5.41, 5.74) is 5.61. The molecule has 2 aromatic heterocycles. The zero-order valence-electron chi connectivity index (χ0n) is 16.6. The number of hydrogen-bond donors (Lipinski definition) is 6. The lowest BCUT2D eigenvalue weighted by atomic mass is 10.1. The standard InChI is InChI=1S/C17H26N8O5/c1-2-3-4-8-30-17(29)25(11(13(26)27)6-5-7-20-14(18)19)15-22-10-9-21-16(28)24-12(10)23-15/h9,11H,2-8H2,1H3,(H,26,27)(H4,18,19,20)(H2,21,22,23,24,28)/t11-/m1/s1. The molecule has 2 aromatic rings. The van der Waals surface area contributed by atoms with Crippen molar-refractivity contribution in [2.24, 2.45) is 5.73 Å². The summed E-state index contributed by atoms with van der Waals surface area (Å²) >= 11 is 0. The third-order valence-corrected chi connectivity index (χ3v) is 4.18. The van der Waals surface area contributed by atoms with Crippen LogP contribution < -0.4 is 16.0 Å². The molecule has 2 heterocycles. The van der Waals surface area contributed by atoms with Crippen LogP contribution in [-0.2, 0) is 9.53 Å². The molecule has 7 N–H and O–H groups in total. The number of H-pyrrole nitrogens is 1. The van der Waals surface area contributed by atoms with Crippen LogP contribution in [0.1, 0.15) is 39.0 Å². The van der Waals surface area contributed by atoms with E-state index in [9.17, 15) is 19.8 Å². The van der Waals surface area contributed by atoms with E-state index < -0.39 is 24.1 Å². The normalized spacial score (nSPS) is 11.8. The van der Waals surface area contributed by atoms with E-state index in [0.29, 0.717) is 18.4 Å². The predicted molar refractivity (Wildman–Crippen MR) is 107 cm³/mol. The lowest BCUT2D eigenvalue weighted by Crippen LogP contribution is -2.47. The first-order valence-electron chi connectivity index (χ1n) is 9.51. The summed E-state index contributed by atoms with van der Waals surface area (Å²) in [6, 6.07) is -1.79. The number of unbranched alkanes of at least 4 members (excludes halogenated alkanes) is 2. The molecule has 164 valence electrons. The monoisotopic (exact) mass is 422 g/mol. The van der Waals surface area contributed by atoms with Crippen LogP contribution in [0, 0.1) is 5.41 Å². The van der Waals surface area contributed by atoms with E-state index in [1.807, 2.05) is 6.92 Å². The number of aromatic amines is 1. The molecule has 0 spiro atoms. The van der Waals surface area contributed by atoms with E-state index in [-0.39, 0.29) is 37.1 Å². The average Bonchev–Trinajstić information content (AvgIpc) is 3.09. The number of aromatic hydroxyl groups is 1. The molecule has 0 aromatic carbocycles. The Labute approximate surface area is 172 Å². The fraction of sp³-hybridized carbons (Fsp3) is 0.529. The molecule has 0 saturated heterocycles. The van der Waals surface area contributed by atoms with Crippen molar-refractivity contribution in [1.29, 1.82) is 5.41 Å². The van der Waals surface area contributed by atoms with Gasteiger partial charge in [0.1, 0.15) is 11.6 Å². The number of rotatable bonds is 11. The minimum Gasteiger partial charge on any atom is -0.480 e. The van der Waals surface area contributed by atoms with Gasteiger partial charge in [0.05, 0.1) is 12.8 Å². The minimum atomic E-state index is -1.29. The highest BCUT2D eigenvalue weighted by molar-refractivity contribution is 5.94. The van der Waals surface area contributed by atoms with E-state index in [2.05, 4.69) is 25.3 Å².